The predicted molar refractivity (Wildman–Crippen MR) is 156 cm³/mol. The number of fused-ring (bicyclic) bond motifs is 1. The van der Waals surface area contributed by atoms with Crippen LogP contribution < -0.4 is 21.1 Å². The van der Waals surface area contributed by atoms with E-state index in [1.165, 1.54) is 38.5 Å². The summed E-state index contributed by atoms with van der Waals surface area (Å²) >= 11 is 0. The molecule has 2 atom stereocenters. The number of benzene rings is 2. The summed E-state index contributed by atoms with van der Waals surface area (Å²) in [6.45, 7) is 4.63. The van der Waals surface area contributed by atoms with E-state index in [4.69, 9.17) is 15.9 Å². The first kappa shape index (κ1) is 27.1. The molecule has 9 nitrogen and oxygen atoms in total. The van der Waals surface area contributed by atoms with Crippen LogP contribution in [-0.4, -0.2) is 54.2 Å². The molecule has 0 spiro atoms. The normalized spacial score (nSPS) is 22.0. The number of aromatic nitrogens is 2. The Bertz CT molecular complexity index is 1280. The molecule has 2 aliphatic rings. The molecule has 1 saturated carbocycles. The number of aryl methyl sites for hydroxylation is 1. The van der Waals surface area contributed by atoms with E-state index in [9.17, 15) is 4.79 Å². The van der Waals surface area contributed by atoms with Gasteiger partial charge in [0.15, 0.2) is 5.69 Å². The first-order chi connectivity index (χ1) is 18.9. The van der Waals surface area contributed by atoms with Gasteiger partial charge in [0, 0.05) is 37.1 Å². The maximum atomic E-state index is 13.3. The van der Waals surface area contributed by atoms with Crippen LogP contribution in [0.2, 0.25) is 0 Å². The summed E-state index contributed by atoms with van der Waals surface area (Å²) in [7, 11) is 0. The standard InChI is InChI=1S/C30H41N7O2/c1-21-34-27-14-13-25(19-28(27)35-21)37(17-16-33-20-26(37)12-9-22-5-3-2-4-6-22)36-30(38)39-18-15-23-7-10-24(11-8-23)29(31)32/h7-8,10-11,13-14,19,22,26,33H,2-6,9,12,15-18,20H2,1H3,(H4-,31,32,34,35,36,38)/p+1. The lowest BCUT2D eigenvalue weighted by Crippen LogP contribution is -2.73. The van der Waals surface area contributed by atoms with Crippen LogP contribution in [0, 0.1) is 18.3 Å². The van der Waals surface area contributed by atoms with Crippen molar-refractivity contribution in [1.29, 1.82) is 5.41 Å². The van der Waals surface area contributed by atoms with Crippen molar-refractivity contribution in [3.05, 3.63) is 59.4 Å². The number of nitrogens with two attached hydrogens (primary N) is 1. The minimum atomic E-state index is -0.402. The number of aromatic amines is 1. The quantitative estimate of drug-likeness (QED) is 0.155. The molecule has 2 unspecified atom stereocenters. The number of hydrogen-bond acceptors (Lipinski definition) is 5. The average molecular weight is 533 g/mol. The zero-order valence-corrected chi connectivity index (χ0v) is 23.0. The van der Waals surface area contributed by atoms with Gasteiger partial charge in [-0.1, -0.05) is 56.4 Å². The Labute approximate surface area is 230 Å². The fourth-order valence-electron chi connectivity index (χ4n) is 6.32. The third-order valence-electron chi connectivity index (χ3n) is 8.50. The zero-order valence-electron chi connectivity index (χ0n) is 23.0. The van der Waals surface area contributed by atoms with Crippen molar-refractivity contribution < 1.29 is 9.53 Å². The average Bonchev–Trinajstić information content (AvgIpc) is 3.32. The number of quaternary nitrogens is 1. The van der Waals surface area contributed by atoms with Crippen molar-refractivity contribution in [2.45, 2.75) is 64.3 Å². The van der Waals surface area contributed by atoms with Crippen LogP contribution in [0.5, 0.6) is 0 Å². The molecule has 2 aromatic carbocycles. The first-order valence-electron chi connectivity index (χ1n) is 14.4. The summed E-state index contributed by atoms with van der Waals surface area (Å²) < 4.78 is 6.11. The maximum Gasteiger partial charge on any atom is 0.452 e. The number of piperazine rings is 1. The van der Waals surface area contributed by atoms with Crippen LogP contribution >= 0.6 is 0 Å². The van der Waals surface area contributed by atoms with Gasteiger partial charge in [-0.3, -0.25) is 5.41 Å². The van der Waals surface area contributed by atoms with Gasteiger partial charge in [-0.15, -0.1) is 0 Å². The van der Waals surface area contributed by atoms with E-state index < -0.39 is 6.09 Å². The highest BCUT2D eigenvalue weighted by Gasteiger charge is 2.44. The number of carbonyl (C=O) groups excluding carboxylic acids is 1. The van der Waals surface area contributed by atoms with Crippen LogP contribution in [0.4, 0.5) is 10.5 Å². The highest BCUT2D eigenvalue weighted by molar-refractivity contribution is 5.94. The second kappa shape index (κ2) is 12.2. The van der Waals surface area contributed by atoms with E-state index in [-0.39, 0.29) is 18.5 Å². The lowest BCUT2D eigenvalue weighted by Gasteiger charge is -2.46. The van der Waals surface area contributed by atoms with Gasteiger partial charge in [-0.05, 0) is 30.9 Å². The molecule has 0 radical (unpaired) electrons. The van der Waals surface area contributed by atoms with Crippen molar-refractivity contribution >= 4 is 28.6 Å². The minimum Gasteiger partial charge on any atom is -0.446 e. The number of H-pyrrole nitrogens is 1. The lowest BCUT2D eigenvalue weighted by molar-refractivity contribution is 0.0672. The van der Waals surface area contributed by atoms with E-state index in [1.807, 2.05) is 37.3 Å². The Morgan fingerprint density at radius 1 is 1.15 bits per heavy atom. The van der Waals surface area contributed by atoms with Gasteiger partial charge in [0.1, 0.15) is 24.2 Å². The summed E-state index contributed by atoms with van der Waals surface area (Å²) in [6, 6.07) is 14.0. The number of rotatable bonds is 9. The molecule has 1 aliphatic heterocycles. The molecular formula is C30H42N7O2+. The minimum absolute atomic E-state index is 0.0451. The molecule has 208 valence electrons. The number of ether oxygens (including phenoxy) is 1. The fourth-order valence-corrected chi connectivity index (χ4v) is 6.32. The number of imidazole rings is 1. The van der Waals surface area contributed by atoms with Crippen LogP contribution in [0.1, 0.15) is 61.9 Å². The van der Waals surface area contributed by atoms with Crippen LogP contribution in [0.25, 0.3) is 11.0 Å². The number of nitrogen functional groups attached to an aromatic ring is 1. The molecule has 2 fully saturated rings. The third kappa shape index (κ3) is 6.42. The van der Waals surface area contributed by atoms with E-state index in [0.717, 1.165) is 60.1 Å². The van der Waals surface area contributed by atoms with Crippen LogP contribution in [0.15, 0.2) is 42.5 Å². The van der Waals surface area contributed by atoms with Gasteiger partial charge in [0.2, 0.25) is 0 Å². The fraction of sp³-hybridized carbons (Fsp3) is 0.500. The van der Waals surface area contributed by atoms with Crippen molar-refractivity contribution in [1.82, 2.24) is 25.3 Å². The summed E-state index contributed by atoms with van der Waals surface area (Å²) in [5.74, 6) is 1.71. The zero-order chi connectivity index (χ0) is 27.2. The molecule has 39 heavy (non-hydrogen) atoms. The topological polar surface area (TPSA) is 129 Å². The highest BCUT2D eigenvalue weighted by Crippen LogP contribution is 2.34. The molecule has 1 saturated heterocycles. The predicted octanol–water partition coefficient (Wildman–Crippen LogP) is 4.68. The van der Waals surface area contributed by atoms with E-state index in [0.29, 0.717) is 16.6 Å². The molecule has 6 N–H and O–H groups in total. The number of nitrogens with one attached hydrogen (secondary N) is 4. The van der Waals surface area contributed by atoms with Gasteiger partial charge in [0.05, 0.1) is 24.2 Å². The van der Waals surface area contributed by atoms with Gasteiger partial charge >= 0.3 is 6.09 Å². The monoisotopic (exact) mass is 532 g/mol. The number of hydrogen-bond donors (Lipinski definition) is 5. The van der Waals surface area contributed by atoms with Crippen molar-refractivity contribution in [2.24, 2.45) is 11.7 Å². The van der Waals surface area contributed by atoms with Crippen LogP contribution in [0.3, 0.4) is 0 Å². The number of nitrogens with zero attached hydrogens (tertiary/aromatic N) is 2. The molecule has 1 amide bonds. The molecule has 3 aromatic rings. The summed E-state index contributed by atoms with van der Waals surface area (Å²) in [5, 5.41) is 11.1. The van der Waals surface area contributed by atoms with E-state index in [2.05, 4.69) is 32.8 Å². The van der Waals surface area contributed by atoms with E-state index >= 15 is 0 Å². The largest absolute Gasteiger partial charge is 0.452 e. The molecule has 0 bridgehead atoms. The number of amidine groups is 1. The van der Waals surface area contributed by atoms with Crippen molar-refractivity contribution in [3.8, 4) is 0 Å². The Morgan fingerprint density at radius 2 is 1.95 bits per heavy atom. The van der Waals surface area contributed by atoms with Crippen molar-refractivity contribution in [2.75, 3.05) is 26.2 Å². The first-order valence-corrected chi connectivity index (χ1v) is 14.4. The Morgan fingerprint density at radius 3 is 2.72 bits per heavy atom. The second-order valence-electron chi connectivity index (χ2n) is 11.2. The molecule has 9 heteroatoms. The lowest BCUT2D eigenvalue weighted by atomic mass is 9.84. The molecule has 1 aromatic heterocycles. The number of carbonyl (C=O) groups is 1. The third-order valence-corrected chi connectivity index (χ3v) is 8.50. The Kier molecular flexibility index (Phi) is 8.47. The van der Waals surface area contributed by atoms with Crippen molar-refractivity contribution in [3.63, 3.8) is 0 Å². The molecule has 5 rings (SSSR count). The molecular weight excluding hydrogens is 490 g/mol. The highest BCUT2D eigenvalue weighted by atomic mass is 16.6. The summed E-state index contributed by atoms with van der Waals surface area (Å²) in [6.07, 6.45) is 9.10. The van der Waals surface area contributed by atoms with Gasteiger partial charge in [-0.25, -0.2) is 9.78 Å². The SMILES string of the molecule is Cc1nc2ccc([N+]3(NC(=O)OCCc4ccc(C(=N)N)cc4)CCNCC3CCC3CCCCC3)cc2[nH]1. The second-order valence-corrected chi connectivity index (χ2v) is 11.2. The van der Waals surface area contributed by atoms with Crippen LogP contribution in [-0.2, 0) is 11.2 Å². The molecule has 1 aliphatic carbocycles. The smallest absolute Gasteiger partial charge is 0.446 e. The summed E-state index contributed by atoms with van der Waals surface area (Å²) in [4.78, 5) is 21.3. The van der Waals surface area contributed by atoms with E-state index in [1.54, 1.807) is 0 Å². The summed E-state index contributed by atoms with van der Waals surface area (Å²) in [5.41, 5.74) is 13.6. The number of amides is 1. The Hall–Kier alpha value is -3.43. The Balaban J connectivity index is 1.33. The van der Waals surface area contributed by atoms with Gasteiger partial charge < -0.3 is 20.8 Å². The van der Waals surface area contributed by atoms with Gasteiger partial charge in [-0.2, -0.15) is 10.0 Å². The van der Waals surface area contributed by atoms with Gasteiger partial charge in [0.25, 0.3) is 0 Å². The molecule has 2 heterocycles. The maximum absolute atomic E-state index is 13.3.